The fourth-order valence-electron chi connectivity index (χ4n) is 2.66. The van der Waals surface area contributed by atoms with Crippen molar-refractivity contribution in [3.63, 3.8) is 0 Å². The van der Waals surface area contributed by atoms with Gasteiger partial charge in [-0.3, -0.25) is 0 Å². The molecule has 0 aromatic rings. The summed E-state index contributed by atoms with van der Waals surface area (Å²) >= 11 is 0. The van der Waals surface area contributed by atoms with E-state index in [2.05, 4.69) is 5.32 Å². The Labute approximate surface area is 125 Å². The zero-order valence-electron chi connectivity index (χ0n) is 13.1. The second-order valence-electron chi connectivity index (χ2n) is 5.12. The smallest absolute Gasteiger partial charge is 0.317 e. The van der Waals surface area contributed by atoms with Crippen LogP contribution in [0.3, 0.4) is 0 Å². The normalized spacial score (nSPS) is 22.6. The summed E-state index contributed by atoms with van der Waals surface area (Å²) in [5.74, 6) is 0. The third-order valence-electron chi connectivity index (χ3n) is 3.82. The molecule has 2 fully saturated rings. The van der Waals surface area contributed by atoms with E-state index in [1.807, 2.05) is 23.1 Å². The van der Waals surface area contributed by atoms with E-state index in [-0.39, 0.29) is 6.03 Å². The molecule has 20 heavy (non-hydrogen) atoms. The fraction of sp³-hybridized carbons (Fsp3) is 0.929. The van der Waals surface area contributed by atoms with Gasteiger partial charge in [-0.25, -0.2) is 13.3 Å². The lowest BCUT2D eigenvalue weighted by molar-refractivity contribution is 0.168. The van der Waals surface area contributed by atoms with E-state index in [0.29, 0.717) is 32.2 Å². The first-order chi connectivity index (χ1) is 9.66. The summed E-state index contributed by atoms with van der Waals surface area (Å²) in [4.78, 5) is 13.9. The van der Waals surface area contributed by atoms with Crippen LogP contribution >= 0.6 is 0 Å². The minimum absolute atomic E-state index is 0.0587. The fourth-order valence-corrected chi connectivity index (χ4v) is 3.34. The highest BCUT2D eigenvalue weighted by Gasteiger charge is 2.24. The Balaban J connectivity index is 0.000000956. The third-order valence-corrected chi connectivity index (χ3v) is 4.91. The second kappa shape index (κ2) is 9.34. The van der Waals surface area contributed by atoms with Gasteiger partial charge in [0.2, 0.25) is 0 Å². The third kappa shape index (κ3) is 5.40. The molecule has 2 amide bonds. The number of rotatable bonds is 2. The molecular formula is C14H29N3O2S. The molecule has 1 aliphatic carbocycles. The molecule has 1 saturated heterocycles. The van der Waals surface area contributed by atoms with Crippen LogP contribution in [0.1, 0.15) is 46.0 Å². The van der Waals surface area contributed by atoms with Crippen molar-refractivity contribution in [1.29, 1.82) is 0 Å². The molecule has 1 heterocycles. The van der Waals surface area contributed by atoms with Crippen LogP contribution in [0.4, 0.5) is 4.79 Å². The van der Waals surface area contributed by atoms with Crippen molar-refractivity contribution < 1.29 is 9.00 Å². The Hall–Kier alpha value is -0.620. The Morgan fingerprint density at radius 2 is 1.60 bits per heavy atom. The van der Waals surface area contributed by atoms with Crippen molar-refractivity contribution in [2.45, 2.75) is 52.0 Å². The van der Waals surface area contributed by atoms with Crippen LogP contribution in [-0.4, -0.2) is 57.9 Å². The molecule has 0 bridgehead atoms. The van der Waals surface area contributed by atoms with Gasteiger partial charge >= 0.3 is 6.03 Å². The number of carbonyl (C=O) groups excluding carboxylic acids is 1. The van der Waals surface area contributed by atoms with Gasteiger partial charge in [-0.15, -0.1) is 0 Å². The zero-order valence-corrected chi connectivity index (χ0v) is 13.9. The first-order valence-electron chi connectivity index (χ1n) is 7.81. The standard InChI is InChI=1S/C12H23N3O2S.C2H6/c1-18(17)15-9-7-14(8-10-15)12(16)13-11-5-3-2-4-6-11;1-2/h11H,2-10H2,1H3,(H,13,16);1-2H3. The molecule has 1 unspecified atom stereocenters. The van der Waals surface area contributed by atoms with Crippen molar-refractivity contribution >= 4 is 17.0 Å². The lowest BCUT2D eigenvalue weighted by Gasteiger charge is -2.34. The van der Waals surface area contributed by atoms with Crippen LogP contribution in [0.2, 0.25) is 0 Å². The Morgan fingerprint density at radius 1 is 1.05 bits per heavy atom. The number of urea groups is 1. The van der Waals surface area contributed by atoms with E-state index in [9.17, 15) is 9.00 Å². The van der Waals surface area contributed by atoms with E-state index in [1.54, 1.807) is 6.26 Å². The average molecular weight is 303 g/mol. The van der Waals surface area contributed by atoms with Gasteiger partial charge in [0.05, 0.1) is 11.0 Å². The number of nitrogens with one attached hydrogen (secondary N) is 1. The Morgan fingerprint density at radius 3 is 2.10 bits per heavy atom. The Bertz CT molecular complexity index is 312. The first-order valence-corrected chi connectivity index (χ1v) is 9.32. The number of nitrogens with zero attached hydrogens (tertiary/aromatic N) is 2. The summed E-state index contributed by atoms with van der Waals surface area (Å²) in [6.45, 7) is 6.78. The molecule has 1 atom stereocenters. The topological polar surface area (TPSA) is 52.7 Å². The lowest BCUT2D eigenvalue weighted by Crippen LogP contribution is -2.53. The molecule has 0 radical (unpaired) electrons. The molecule has 0 aromatic carbocycles. The Kier molecular flexibility index (Phi) is 8.14. The molecule has 2 rings (SSSR count). The van der Waals surface area contributed by atoms with Crippen LogP contribution in [0.5, 0.6) is 0 Å². The van der Waals surface area contributed by atoms with Gasteiger partial charge in [0, 0.05) is 38.5 Å². The SMILES string of the molecule is CC.CS(=O)N1CCN(C(=O)NC2CCCCC2)CC1. The van der Waals surface area contributed by atoms with E-state index >= 15 is 0 Å². The summed E-state index contributed by atoms with van der Waals surface area (Å²) in [5.41, 5.74) is 0. The summed E-state index contributed by atoms with van der Waals surface area (Å²) in [6.07, 6.45) is 7.68. The first kappa shape index (κ1) is 17.4. The zero-order chi connectivity index (χ0) is 15.0. The quantitative estimate of drug-likeness (QED) is 0.848. The highest BCUT2D eigenvalue weighted by atomic mass is 32.2. The van der Waals surface area contributed by atoms with Crippen LogP contribution < -0.4 is 5.32 Å². The monoisotopic (exact) mass is 303 g/mol. The molecule has 1 aliphatic heterocycles. The van der Waals surface area contributed by atoms with Crippen LogP contribution in [0, 0.1) is 0 Å². The summed E-state index contributed by atoms with van der Waals surface area (Å²) in [5, 5.41) is 3.13. The van der Waals surface area contributed by atoms with Crippen molar-refractivity contribution in [1.82, 2.24) is 14.5 Å². The molecule has 0 spiro atoms. The average Bonchev–Trinajstić information content (AvgIpc) is 2.50. The van der Waals surface area contributed by atoms with Gasteiger partial charge < -0.3 is 10.2 Å². The van der Waals surface area contributed by atoms with E-state index in [1.165, 1.54) is 19.3 Å². The van der Waals surface area contributed by atoms with Crippen molar-refractivity contribution in [3.8, 4) is 0 Å². The molecule has 2 aliphatic rings. The van der Waals surface area contributed by atoms with Crippen LogP contribution in [-0.2, 0) is 11.0 Å². The maximum atomic E-state index is 12.1. The van der Waals surface area contributed by atoms with Crippen molar-refractivity contribution in [3.05, 3.63) is 0 Å². The van der Waals surface area contributed by atoms with Crippen molar-refractivity contribution in [2.24, 2.45) is 0 Å². The molecule has 6 heteroatoms. The molecule has 5 nitrogen and oxygen atoms in total. The lowest BCUT2D eigenvalue weighted by atomic mass is 9.96. The van der Waals surface area contributed by atoms with Gasteiger partial charge in [0.1, 0.15) is 0 Å². The molecule has 1 saturated carbocycles. The van der Waals surface area contributed by atoms with Gasteiger partial charge in [-0.05, 0) is 12.8 Å². The number of amides is 2. The molecule has 1 N–H and O–H groups in total. The summed E-state index contributed by atoms with van der Waals surface area (Å²) < 4.78 is 13.2. The van der Waals surface area contributed by atoms with E-state index in [4.69, 9.17) is 0 Å². The number of hydrogen-bond donors (Lipinski definition) is 1. The second-order valence-corrected chi connectivity index (χ2v) is 6.49. The van der Waals surface area contributed by atoms with E-state index < -0.39 is 11.0 Å². The predicted octanol–water partition coefficient (Wildman–Crippen LogP) is 1.97. The molecule has 0 aromatic heterocycles. The summed E-state index contributed by atoms with van der Waals surface area (Å²) in [7, 11) is -0.911. The van der Waals surface area contributed by atoms with Gasteiger partial charge in [-0.1, -0.05) is 33.1 Å². The van der Waals surface area contributed by atoms with Gasteiger partial charge in [0.25, 0.3) is 0 Å². The van der Waals surface area contributed by atoms with Gasteiger partial charge in [-0.2, -0.15) is 0 Å². The van der Waals surface area contributed by atoms with Crippen LogP contribution in [0.25, 0.3) is 0 Å². The summed E-state index contributed by atoms with van der Waals surface area (Å²) in [6, 6.07) is 0.424. The molecule has 118 valence electrons. The number of hydrogen-bond acceptors (Lipinski definition) is 2. The predicted molar refractivity (Wildman–Crippen MR) is 84.0 cm³/mol. The van der Waals surface area contributed by atoms with Gasteiger partial charge in [0.15, 0.2) is 0 Å². The highest BCUT2D eigenvalue weighted by molar-refractivity contribution is 7.81. The number of carbonyl (C=O) groups is 1. The van der Waals surface area contributed by atoms with Crippen molar-refractivity contribution in [2.75, 3.05) is 32.4 Å². The minimum atomic E-state index is -0.911. The molecular weight excluding hydrogens is 274 g/mol. The minimum Gasteiger partial charge on any atom is -0.335 e. The highest BCUT2D eigenvalue weighted by Crippen LogP contribution is 2.17. The largest absolute Gasteiger partial charge is 0.335 e. The van der Waals surface area contributed by atoms with E-state index in [0.717, 1.165) is 12.8 Å². The number of piperazine rings is 1. The van der Waals surface area contributed by atoms with Crippen LogP contribution in [0.15, 0.2) is 0 Å². The maximum absolute atomic E-state index is 12.1. The maximum Gasteiger partial charge on any atom is 0.317 e.